The van der Waals surface area contributed by atoms with Crippen LogP contribution >= 0.6 is 23.2 Å². The number of halogens is 2. The van der Waals surface area contributed by atoms with E-state index in [9.17, 15) is 0 Å². The maximum absolute atomic E-state index is 7.46. The van der Waals surface area contributed by atoms with E-state index in [0.717, 1.165) is 44.5 Å². The van der Waals surface area contributed by atoms with Crippen molar-refractivity contribution in [3.8, 4) is 56.2 Å². The van der Waals surface area contributed by atoms with Gasteiger partial charge in [0.25, 0.3) is 0 Å². The Balaban J connectivity index is 1.43. The molecule has 0 saturated carbocycles. The SMILES string of the molecule is Clc1nc(-c2ccccc2)c(-c2ccccc2)nc1C1(c2nc(-c3ccccc3)c(-c3ccccc3)nc2Cl)c2ccccc2-c2ccccc21. The first kappa shape index (κ1) is 31.1. The first-order valence-corrected chi connectivity index (χ1v) is 17.5. The van der Waals surface area contributed by atoms with Crippen LogP contribution < -0.4 is 0 Å². The van der Waals surface area contributed by atoms with Gasteiger partial charge in [0.2, 0.25) is 0 Å². The number of nitrogens with zero attached hydrogens (tertiary/aromatic N) is 4. The van der Waals surface area contributed by atoms with E-state index < -0.39 is 5.41 Å². The second kappa shape index (κ2) is 12.7. The molecule has 0 N–H and O–H groups in total. The minimum absolute atomic E-state index is 0.256. The highest BCUT2D eigenvalue weighted by atomic mass is 35.5. The third kappa shape index (κ3) is 5.06. The fourth-order valence-corrected chi connectivity index (χ4v) is 7.89. The lowest BCUT2D eigenvalue weighted by Gasteiger charge is -2.33. The molecular weight excluding hydrogens is 667 g/mol. The Hall–Kier alpha value is -5.94. The summed E-state index contributed by atoms with van der Waals surface area (Å²) in [5.41, 5.74) is 10.3. The predicted octanol–water partition coefficient (Wildman–Crippen LogP) is 11.6. The van der Waals surface area contributed by atoms with E-state index in [1.165, 1.54) is 0 Å². The van der Waals surface area contributed by atoms with Crippen molar-refractivity contribution in [1.82, 2.24) is 19.9 Å². The van der Waals surface area contributed by atoms with Gasteiger partial charge < -0.3 is 0 Å². The summed E-state index contributed by atoms with van der Waals surface area (Å²) >= 11 is 14.9. The van der Waals surface area contributed by atoms with Crippen LogP contribution in [0.15, 0.2) is 170 Å². The van der Waals surface area contributed by atoms with Crippen LogP contribution in [0.1, 0.15) is 22.5 Å². The summed E-state index contributed by atoms with van der Waals surface area (Å²) in [4.78, 5) is 21.4. The van der Waals surface area contributed by atoms with Gasteiger partial charge in [-0.3, -0.25) is 0 Å². The standard InChI is InChI=1S/C45H28Cl2N4/c46-43-41(48-37(29-17-5-1-6-18-29)39(50-43)31-21-9-3-10-22-31)45(35-27-15-13-25-33(35)34-26-14-16-28-36(34)45)42-44(47)51-40(32-23-11-4-12-24-32)38(49-42)30-19-7-2-8-20-30/h1-28H. The monoisotopic (exact) mass is 694 g/mol. The van der Waals surface area contributed by atoms with E-state index in [-0.39, 0.29) is 10.3 Å². The van der Waals surface area contributed by atoms with E-state index in [2.05, 4.69) is 24.3 Å². The van der Waals surface area contributed by atoms with Gasteiger partial charge in [-0.15, -0.1) is 0 Å². The molecule has 2 heterocycles. The van der Waals surface area contributed by atoms with Crippen molar-refractivity contribution in [2.75, 3.05) is 0 Å². The molecule has 0 atom stereocenters. The highest BCUT2D eigenvalue weighted by Gasteiger charge is 2.52. The van der Waals surface area contributed by atoms with E-state index >= 15 is 0 Å². The summed E-state index contributed by atoms with van der Waals surface area (Å²) in [6.07, 6.45) is 0. The van der Waals surface area contributed by atoms with Crippen LogP contribution in [0.5, 0.6) is 0 Å². The molecule has 0 bridgehead atoms. The van der Waals surface area contributed by atoms with Crippen molar-refractivity contribution >= 4 is 23.2 Å². The third-order valence-electron chi connectivity index (χ3n) is 9.56. The zero-order valence-electron chi connectivity index (χ0n) is 27.2. The summed E-state index contributed by atoms with van der Waals surface area (Å²) in [6, 6.07) is 56.9. The molecule has 6 heteroatoms. The quantitative estimate of drug-likeness (QED) is 0.174. The molecule has 0 unspecified atom stereocenters. The van der Waals surface area contributed by atoms with Crippen molar-refractivity contribution in [2.45, 2.75) is 5.41 Å². The third-order valence-corrected chi connectivity index (χ3v) is 10.1. The van der Waals surface area contributed by atoms with Gasteiger partial charge in [0.05, 0.1) is 34.2 Å². The molecule has 6 aromatic carbocycles. The molecule has 242 valence electrons. The molecule has 8 aromatic rings. The van der Waals surface area contributed by atoms with E-state index in [0.29, 0.717) is 34.2 Å². The molecule has 51 heavy (non-hydrogen) atoms. The summed E-state index contributed by atoms with van der Waals surface area (Å²) < 4.78 is 0. The summed E-state index contributed by atoms with van der Waals surface area (Å²) in [5, 5.41) is 0.512. The van der Waals surface area contributed by atoms with Crippen LogP contribution in [0.4, 0.5) is 0 Å². The van der Waals surface area contributed by atoms with Crippen molar-refractivity contribution in [1.29, 1.82) is 0 Å². The lowest BCUT2D eigenvalue weighted by atomic mass is 9.72. The van der Waals surface area contributed by atoms with Crippen LogP contribution in [0.3, 0.4) is 0 Å². The van der Waals surface area contributed by atoms with Crippen molar-refractivity contribution < 1.29 is 0 Å². The molecule has 2 aromatic heterocycles. The van der Waals surface area contributed by atoms with Crippen LogP contribution in [0, 0.1) is 0 Å². The maximum Gasteiger partial charge on any atom is 0.152 e. The average Bonchev–Trinajstić information content (AvgIpc) is 3.50. The van der Waals surface area contributed by atoms with Gasteiger partial charge in [0.1, 0.15) is 5.41 Å². The molecule has 0 spiro atoms. The molecule has 1 aliphatic carbocycles. The summed E-state index contributed by atoms with van der Waals surface area (Å²) in [6.45, 7) is 0. The Morgan fingerprint density at radius 1 is 0.314 bits per heavy atom. The first-order valence-electron chi connectivity index (χ1n) is 16.7. The second-order valence-electron chi connectivity index (χ2n) is 12.4. The number of aromatic nitrogens is 4. The summed E-state index contributed by atoms with van der Waals surface area (Å²) in [5.74, 6) is 0. The molecule has 0 amide bonds. The molecule has 0 aliphatic heterocycles. The zero-order valence-corrected chi connectivity index (χ0v) is 28.7. The number of benzene rings is 6. The Labute approximate surface area is 306 Å². The highest BCUT2D eigenvalue weighted by Crippen LogP contribution is 2.58. The molecule has 0 saturated heterocycles. The van der Waals surface area contributed by atoms with Gasteiger partial charge in [0.15, 0.2) is 10.3 Å². The zero-order chi connectivity index (χ0) is 34.4. The number of rotatable bonds is 6. The van der Waals surface area contributed by atoms with Gasteiger partial charge in [-0.1, -0.05) is 193 Å². The Bertz CT molecular complexity index is 2360. The second-order valence-corrected chi connectivity index (χ2v) is 13.1. The van der Waals surface area contributed by atoms with Gasteiger partial charge >= 0.3 is 0 Å². The van der Waals surface area contributed by atoms with Crippen molar-refractivity contribution in [3.05, 3.63) is 203 Å². The molecule has 1 aliphatic rings. The summed E-state index contributed by atoms with van der Waals surface area (Å²) in [7, 11) is 0. The van der Waals surface area contributed by atoms with Crippen LogP contribution in [0.2, 0.25) is 10.3 Å². The minimum Gasteiger partial charge on any atom is -0.246 e. The Morgan fingerprint density at radius 2 is 0.588 bits per heavy atom. The van der Waals surface area contributed by atoms with Crippen LogP contribution in [-0.4, -0.2) is 19.9 Å². The van der Waals surface area contributed by atoms with Gasteiger partial charge in [-0.2, -0.15) is 0 Å². The van der Waals surface area contributed by atoms with E-state index in [4.69, 9.17) is 43.1 Å². The lowest BCUT2D eigenvalue weighted by Crippen LogP contribution is -2.33. The average molecular weight is 696 g/mol. The van der Waals surface area contributed by atoms with Crippen LogP contribution in [0.25, 0.3) is 56.2 Å². The first-order chi connectivity index (χ1) is 25.1. The minimum atomic E-state index is -1.17. The normalized spacial score (nSPS) is 12.7. The number of hydrogen-bond acceptors (Lipinski definition) is 4. The molecule has 4 nitrogen and oxygen atoms in total. The van der Waals surface area contributed by atoms with Crippen molar-refractivity contribution in [2.24, 2.45) is 0 Å². The molecule has 0 radical (unpaired) electrons. The Kier molecular flexibility index (Phi) is 7.76. The lowest BCUT2D eigenvalue weighted by molar-refractivity contribution is 0.698. The predicted molar refractivity (Wildman–Crippen MR) is 207 cm³/mol. The largest absolute Gasteiger partial charge is 0.246 e. The Morgan fingerprint density at radius 3 is 0.922 bits per heavy atom. The topological polar surface area (TPSA) is 51.6 Å². The number of hydrogen-bond donors (Lipinski definition) is 0. The van der Waals surface area contributed by atoms with E-state index in [1.54, 1.807) is 0 Å². The molecular formula is C45H28Cl2N4. The van der Waals surface area contributed by atoms with E-state index in [1.807, 2.05) is 146 Å². The maximum atomic E-state index is 7.46. The fraction of sp³-hybridized carbons (Fsp3) is 0.0222. The fourth-order valence-electron chi connectivity index (χ4n) is 7.35. The van der Waals surface area contributed by atoms with Gasteiger partial charge in [-0.05, 0) is 22.3 Å². The van der Waals surface area contributed by atoms with Gasteiger partial charge in [0, 0.05) is 22.3 Å². The molecule has 9 rings (SSSR count). The van der Waals surface area contributed by atoms with Crippen molar-refractivity contribution in [3.63, 3.8) is 0 Å². The smallest absolute Gasteiger partial charge is 0.152 e. The highest BCUT2D eigenvalue weighted by molar-refractivity contribution is 6.31. The molecule has 0 fully saturated rings. The number of fused-ring (bicyclic) bond motifs is 3. The van der Waals surface area contributed by atoms with Gasteiger partial charge in [-0.25, -0.2) is 19.9 Å². The van der Waals surface area contributed by atoms with Crippen LogP contribution in [-0.2, 0) is 5.41 Å².